The molecular weight excluding hydrogens is 264 g/mol. The van der Waals surface area contributed by atoms with Gasteiger partial charge in [0.15, 0.2) is 0 Å². The molecule has 1 amide bonds. The molecule has 0 radical (unpaired) electrons. The molecule has 0 bridgehead atoms. The average molecular weight is 290 g/mol. The molecule has 1 aliphatic heterocycles. The third-order valence-corrected chi connectivity index (χ3v) is 3.55. The maximum Gasteiger partial charge on any atom is 0.407 e. The van der Waals surface area contributed by atoms with Crippen LogP contribution in [0, 0.1) is 5.92 Å². The monoisotopic (exact) mass is 290 g/mol. The zero-order valence-corrected chi connectivity index (χ0v) is 13.3. The molecule has 1 aromatic rings. The lowest BCUT2D eigenvalue weighted by molar-refractivity contribution is 0.0519. The van der Waals surface area contributed by atoms with Gasteiger partial charge in [0.2, 0.25) is 0 Å². The Morgan fingerprint density at radius 3 is 2.71 bits per heavy atom. The molecule has 1 aromatic carbocycles. The van der Waals surface area contributed by atoms with E-state index in [1.807, 2.05) is 26.8 Å². The minimum absolute atomic E-state index is 0.316. The molecule has 2 rings (SSSR count). The van der Waals surface area contributed by atoms with Crippen molar-refractivity contribution in [1.29, 1.82) is 0 Å². The summed E-state index contributed by atoms with van der Waals surface area (Å²) < 4.78 is 5.26. The minimum Gasteiger partial charge on any atom is -0.444 e. The summed E-state index contributed by atoms with van der Waals surface area (Å²) in [5, 5.41) is 2.88. The molecule has 0 spiro atoms. The highest BCUT2D eigenvalue weighted by Gasteiger charge is 2.23. The molecule has 1 heterocycles. The van der Waals surface area contributed by atoms with Crippen LogP contribution in [0.5, 0.6) is 0 Å². The Morgan fingerprint density at radius 2 is 2.05 bits per heavy atom. The largest absolute Gasteiger partial charge is 0.444 e. The summed E-state index contributed by atoms with van der Waals surface area (Å²) in [5.74, 6) is 0.515. The molecule has 0 unspecified atom stereocenters. The van der Waals surface area contributed by atoms with Gasteiger partial charge in [-0.3, -0.25) is 4.90 Å². The van der Waals surface area contributed by atoms with E-state index >= 15 is 0 Å². The van der Waals surface area contributed by atoms with E-state index in [1.165, 1.54) is 5.56 Å². The van der Waals surface area contributed by atoms with Gasteiger partial charge in [0.1, 0.15) is 5.60 Å². The highest BCUT2D eigenvalue weighted by Crippen LogP contribution is 2.18. The van der Waals surface area contributed by atoms with Gasteiger partial charge in [0.25, 0.3) is 0 Å². The lowest BCUT2D eigenvalue weighted by Crippen LogP contribution is -2.35. The van der Waals surface area contributed by atoms with E-state index in [-0.39, 0.29) is 6.09 Å². The van der Waals surface area contributed by atoms with Gasteiger partial charge >= 0.3 is 6.09 Å². The Labute approximate surface area is 127 Å². The Morgan fingerprint density at radius 1 is 1.33 bits per heavy atom. The highest BCUT2D eigenvalue weighted by molar-refractivity contribution is 5.67. The number of nitrogens with one attached hydrogen (secondary N) is 1. The van der Waals surface area contributed by atoms with Crippen molar-refractivity contribution in [2.75, 3.05) is 19.6 Å². The first kappa shape index (κ1) is 15.8. The molecule has 1 N–H and O–H groups in total. The van der Waals surface area contributed by atoms with Crippen molar-refractivity contribution >= 4 is 6.09 Å². The fourth-order valence-corrected chi connectivity index (χ4v) is 2.61. The first-order chi connectivity index (χ1) is 9.92. The van der Waals surface area contributed by atoms with Crippen molar-refractivity contribution in [3.05, 3.63) is 35.9 Å². The van der Waals surface area contributed by atoms with Crippen LogP contribution in [0.3, 0.4) is 0 Å². The van der Waals surface area contributed by atoms with Crippen LogP contribution in [-0.4, -0.2) is 36.2 Å². The predicted octanol–water partition coefficient (Wildman–Crippen LogP) is 3.03. The molecule has 0 aromatic heterocycles. The van der Waals surface area contributed by atoms with Crippen LogP contribution in [0.4, 0.5) is 4.79 Å². The van der Waals surface area contributed by atoms with Gasteiger partial charge in [0, 0.05) is 19.6 Å². The van der Waals surface area contributed by atoms with E-state index in [9.17, 15) is 4.79 Å². The summed E-state index contributed by atoms with van der Waals surface area (Å²) >= 11 is 0. The Bertz CT molecular complexity index is 454. The number of benzene rings is 1. The standard InChI is InChI=1S/C17H26N2O2/c1-17(2,3)21-16(20)18-11-15-9-10-19(13-15)12-14-7-5-4-6-8-14/h4-8,15H,9-13H2,1-3H3,(H,18,20)/t15-/m0/s1. The molecule has 1 atom stereocenters. The molecule has 4 nitrogen and oxygen atoms in total. The number of amides is 1. The summed E-state index contributed by atoms with van der Waals surface area (Å²) in [6, 6.07) is 10.5. The zero-order valence-electron chi connectivity index (χ0n) is 13.3. The summed E-state index contributed by atoms with van der Waals surface area (Å²) in [7, 11) is 0. The van der Waals surface area contributed by atoms with Crippen LogP contribution < -0.4 is 5.32 Å². The Hall–Kier alpha value is -1.55. The normalized spacial score (nSPS) is 19.5. The van der Waals surface area contributed by atoms with Crippen molar-refractivity contribution in [3.8, 4) is 0 Å². The second-order valence-electron chi connectivity index (χ2n) is 6.76. The number of ether oxygens (including phenoxy) is 1. The number of likely N-dealkylation sites (tertiary alicyclic amines) is 1. The summed E-state index contributed by atoms with van der Waals surface area (Å²) in [5.41, 5.74) is 0.914. The third kappa shape index (κ3) is 5.76. The van der Waals surface area contributed by atoms with Crippen molar-refractivity contribution in [1.82, 2.24) is 10.2 Å². The van der Waals surface area contributed by atoms with E-state index in [0.29, 0.717) is 12.5 Å². The van der Waals surface area contributed by atoms with Gasteiger partial charge in [-0.25, -0.2) is 4.79 Å². The van der Waals surface area contributed by atoms with E-state index in [4.69, 9.17) is 4.74 Å². The van der Waals surface area contributed by atoms with E-state index in [1.54, 1.807) is 0 Å². The first-order valence-electron chi connectivity index (χ1n) is 7.65. The maximum atomic E-state index is 11.6. The van der Waals surface area contributed by atoms with E-state index < -0.39 is 5.60 Å². The van der Waals surface area contributed by atoms with E-state index in [2.05, 4.69) is 34.5 Å². The molecule has 0 aliphatic carbocycles. The van der Waals surface area contributed by atoms with Crippen molar-refractivity contribution in [3.63, 3.8) is 0 Å². The van der Waals surface area contributed by atoms with Crippen LogP contribution in [0.25, 0.3) is 0 Å². The van der Waals surface area contributed by atoms with Gasteiger partial charge in [-0.2, -0.15) is 0 Å². The van der Waals surface area contributed by atoms with Crippen molar-refractivity contribution in [2.45, 2.75) is 39.3 Å². The number of rotatable bonds is 4. The number of hydrogen-bond donors (Lipinski definition) is 1. The number of carbonyl (C=O) groups excluding carboxylic acids is 1. The number of hydrogen-bond acceptors (Lipinski definition) is 3. The average Bonchev–Trinajstić information content (AvgIpc) is 2.83. The van der Waals surface area contributed by atoms with Crippen molar-refractivity contribution in [2.24, 2.45) is 5.92 Å². The number of nitrogens with zero attached hydrogens (tertiary/aromatic N) is 1. The SMILES string of the molecule is CC(C)(C)OC(=O)NC[C@@H]1CCN(Cc2ccccc2)C1. The molecule has 116 valence electrons. The quantitative estimate of drug-likeness (QED) is 0.926. The third-order valence-electron chi connectivity index (χ3n) is 3.55. The minimum atomic E-state index is -0.431. The summed E-state index contributed by atoms with van der Waals surface area (Å²) in [6.07, 6.45) is 0.812. The maximum absolute atomic E-state index is 11.6. The van der Waals surface area contributed by atoms with Gasteiger partial charge in [-0.05, 0) is 45.2 Å². The number of carbonyl (C=O) groups is 1. The summed E-state index contributed by atoms with van der Waals surface area (Å²) in [6.45, 7) is 9.45. The van der Waals surface area contributed by atoms with Crippen LogP contribution in [0.1, 0.15) is 32.8 Å². The second-order valence-corrected chi connectivity index (χ2v) is 6.76. The molecule has 21 heavy (non-hydrogen) atoms. The van der Waals surface area contributed by atoms with E-state index in [0.717, 1.165) is 26.1 Å². The lowest BCUT2D eigenvalue weighted by atomic mass is 10.1. The van der Waals surface area contributed by atoms with Crippen molar-refractivity contribution < 1.29 is 9.53 Å². The molecule has 1 fully saturated rings. The fraction of sp³-hybridized carbons (Fsp3) is 0.588. The fourth-order valence-electron chi connectivity index (χ4n) is 2.61. The predicted molar refractivity (Wildman–Crippen MR) is 84.1 cm³/mol. The Kier molecular flexibility index (Phi) is 5.23. The van der Waals surface area contributed by atoms with Crippen LogP contribution in [-0.2, 0) is 11.3 Å². The lowest BCUT2D eigenvalue weighted by Gasteiger charge is -2.21. The molecule has 4 heteroatoms. The number of alkyl carbamates (subject to hydrolysis) is 1. The molecule has 1 saturated heterocycles. The van der Waals surface area contributed by atoms with Crippen LogP contribution >= 0.6 is 0 Å². The molecular formula is C17H26N2O2. The molecule has 0 saturated carbocycles. The smallest absolute Gasteiger partial charge is 0.407 e. The van der Waals surface area contributed by atoms with Gasteiger partial charge in [-0.1, -0.05) is 30.3 Å². The topological polar surface area (TPSA) is 41.6 Å². The van der Waals surface area contributed by atoms with Crippen LogP contribution in [0.15, 0.2) is 30.3 Å². The van der Waals surface area contributed by atoms with Gasteiger partial charge in [-0.15, -0.1) is 0 Å². The van der Waals surface area contributed by atoms with Gasteiger partial charge in [0.05, 0.1) is 0 Å². The van der Waals surface area contributed by atoms with Crippen LogP contribution in [0.2, 0.25) is 0 Å². The van der Waals surface area contributed by atoms with Gasteiger partial charge < -0.3 is 10.1 Å². The molecule has 1 aliphatic rings. The highest BCUT2D eigenvalue weighted by atomic mass is 16.6. The zero-order chi connectivity index (χ0) is 15.3. The first-order valence-corrected chi connectivity index (χ1v) is 7.65. The summed E-state index contributed by atoms with van der Waals surface area (Å²) in [4.78, 5) is 14.1. The Balaban J connectivity index is 1.69. The second kappa shape index (κ2) is 6.94.